The van der Waals surface area contributed by atoms with Gasteiger partial charge in [0.05, 0.1) is 27.7 Å². The Balaban J connectivity index is 1.45. The number of H-pyrrole nitrogens is 1. The summed E-state index contributed by atoms with van der Waals surface area (Å²) in [5.41, 5.74) is 1.66. The smallest absolute Gasteiger partial charge is 0.361 e. The maximum atomic E-state index is 13.1. The number of hydrogen-bond acceptors (Lipinski definition) is 4. The zero-order chi connectivity index (χ0) is 26.9. The molecular weight excluding hydrogens is 530 g/mol. The molecule has 0 atom stereocenters. The fraction of sp³-hybridized carbons (Fsp3) is 0.320. The summed E-state index contributed by atoms with van der Waals surface area (Å²) in [5.74, 6) is -0.345. The van der Waals surface area contributed by atoms with E-state index >= 15 is 0 Å². The standard InChI is InChI=1S/C25H24Cl2F3N5O2/c1-14-19(32-15(2)22(14)27)12-21(36)34-6-8-35(9-7-34)23-20(11-18(26)13-31-23)33-24(37)16-4-3-5-17(10-16)25(28,29)30/h3-5,10-11,13,32H,6-9,12H2,1-2H3,(H,33,37). The zero-order valence-corrected chi connectivity index (χ0v) is 21.6. The molecule has 4 rings (SSSR count). The van der Waals surface area contributed by atoms with Crippen LogP contribution in [0.15, 0.2) is 36.5 Å². The summed E-state index contributed by atoms with van der Waals surface area (Å²) in [4.78, 5) is 36.8. The van der Waals surface area contributed by atoms with E-state index in [9.17, 15) is 22.8 Å². The van der Waals surface area contributed by atoms with Crippen LogP contribution in [0.3, 0.4) is 0 Å². The van der Waals surface area contributed by atoms with Crippen LogP contribution in [-0.4, -0.2) is 52.9 Å². The van der Waals surface area contributed by atoms with Gasteiger partial charge in [-0.2, -0.15) is 13.2 Å². The third kappa shape index (κ3) is 6.02. The lowest BCUT2D eigenvalue weighted by atomic mass is 10.1. The number of nitrogens with zero attached hydrogens (tertiary/aromatic N) is 3. The number of hydrogen-bond donors (Lipinski definition) is 2. The topological polar surface area (TPSA) is 81.3 Å². The number of anilines is 2. The van der Waals surface area contributed by atoms with Gasteiger partial charge in [-0.3, -0.25) is 9.59 Å². The van der Waals surface area contributed by atoms with E-state index in [0.717, 1.165) is 29.1 Å². The maximum absolute atomic E-state index is 13.1. The van der Waals surface area contributed by atoms with Crippen LogP contribution >= 0.6 is 23.2 Å². The summed E-state index contributed by atoms with van der Waals surface area (Å²) < 4.78 is 39.2. The van der Waals surface area contributed by atoms with E-state index in [1.54, 1.807) is 4.90 Å². The number of aromatic nitrogens is 2. The SMILES string of the molecule is Cc1[nH]c(CC(=O)N2CCN(c3ncc(Cl)cc3NC(=O)c3cccc(C(F)(F)F)c3)CC2)c(C)c1Cl. The fourth-order valence-corrected chi connectivity index (χ4v) is 4.52. The molecule has 1 aromatic carbocycles. The number of halogens is 5. The molecule has 0 radical (unpaired) electrons. The summed E-state index contributed by atoms with van der Waals surface area (Å²) in [5, 5.41) is 3.51. The summed E-state index contributed by atoms with van der Waals surface area (Å²) in [7, 11) is 0. The highest BCUT2D eigenvalue weighted by molar-refractivity contribution is 6.32. The molecule has 7 nitrogen and oxygen atoms in total. The van der Waals surface area contributed by atoms with E-state index < -0.39 is 17.6 Å². The first-order chi connectivity index (χ1) is 17.4. The quantitative estimate of drug-likeness (QED) is 0.437. The van der Waals surface area contributed by atoms with E-state index in [-0.39, 0.29) is 28.6 Å². The predicted octanol–water partition coefficient (Wildman–Crippen LogP) is 5.50. The molecule has 3 aromatic rings. The van der Waals surface area contributed by atoms with Crippen molar-refractivity contribution >= 4 is 46.5 Å². The van der Waals surface area contributed by atoms with Crippen molar-refractivity contribution in [3.05, 3.63) is 74.7 Å². The Labute approximate surface area is 221 Å². The molecule has 0 aliphatic carbocycles. The highest BCUT2D eigenvalue weighted by Gasteiger charge is 2.31. The third-order valence-corrected chi connectivity index (χ3v) is 7.02. The molecule has 0 unspecified atom stereocenters. The van der Waals surface area contributed by atoms with Crippen molar-refractivity contribution in [1.29, 1.82) is 0 Å². The number of aromatic amines is 1. The van der Waals surface area contributed by atoms with Gasteiger partial charge in [0.2, 0.25) is 5.91 Å². The van der Waals surface area contributed by atoms with Crippen molar-refractivity contribution < 1.29 is 22.8 Å². The second-order valence-electron chi connectivity index (χ2n) is 8.77. The number of carbonyl (C=O) groups excluding carboxylic acids is 2. The molecule has 2 aromatic heterocycles. The van der Waals surface area contributed by atoms with Crippen LogP contribution in [-0.2, 0) is 17.4 Å². The van der Waals surface area contributed by atoms with Gasteiger partial charge in [-0.1, -0.05) is 29.3 Å². The normalized spacial score (nSPS) is 14.1. The molecule has 12 heteroatoms. The van der Waals surface area contributed by atoms with Crippen molar-refractivity contribution in [2.24, 2.45) is 0 Å². The largest absolute Gasteiger partial charge is 0.416 e. The van der Waals surface area contributed by atoms with Gasteiger partial charge in [-0.25, -0.2) is 4.98 Å². The minimum Gasteiger partial charge on any atom is -0.361 e. The number of alkyl halides is 3. The Kier molecular flexibility index (Phi) is 7.70. The molecule has 0 spiro atoms. The van der Waals surface area contributed by atoms with Crippen LogP contribution in [0.4, 0.5) is 24.7 Å². The van der Waals surface area contributed by atoms with Crippen LogP contribution in [0.5, 0.6) is 0 Å². The van der Waals surface area contributed by atoms with Gasteiger partial charge in [0.1, 0.15) is 0 Å². The Morgan fingerprint density at radius 2 is 1.81 bits per heavy atom. The zero-order valence-electron chi connectivity index (χ0n) is 20.0. The van der Waals surface area contributed by atoms with Gasteiger partial charge in [-0.15, -0.1) is 0 Å². The Hall–Kier alpha value is -3.24. The summed E-state index contributed by atoms with van der Waals surface area (Å²) in [6.07, 6.45) is -2.94. The molecule has 1 saturated heterocycles. The summed E-state index contributed by atoms with van der Waals surface area (Å²) >= 11 is 12.3. The molecule has 2 N–H and O–H groups in total. The van der Waals surface area contributed by atoms with Crippen molar-refractivity contribution in [2.45, 2.75) is 26.4 Å². The second kappa shape index (κ2) is 10.6. The lowest BCUT2D eigenvalue weighted by Gasteiger charge is -2.36. The number of aryl methyl sites for hydroxylation is 1. The van der Waals surface area contributed by atoms with Crippen LogP contribution in [0.2, 0.25) is 10.0 Å². The van der Waals surface area contributed by atoms with Crippen LogP contribution in [0.25, 0.3) is 0 Å². The summed E-state index contributed by atoms with van der Waals surface area (Å²) in [6, 6.07) is 5.66. The number of piperazine rings is 1. The number of nitrogens with one attached hydrogen (secondary N) is 2. The van der Waals surface area contributed by atoms with Crippen molar-refractivity contribution in [3.63, 3.8) is 0 Å². The van der Waals surface area contributed by atoms with E-state index in [1.165, 1.54) is 24.4 Å². The van der Waals surface area contributed by atoms with Gasteiger partial charge in [0.25, 0.3) is 5.91 Å². The Morgan fingerprint density at radius 3 is 2.43 bits per heavy atom. The first-order valence-corrected chi connectivity index (χ1v) is 12.2. The molecule has 1 aliphatic heterocycles. The molecular formula is C25H24Cl2F3N5O2. The predicted molar refractivity (Wildman–Crippen MR) is 136 cm³/mol. The minimum absolute atomic E-state index is 0.0391. The van der Waals surface area contributed by atoms with Crippen LogP contribution < -0.4 is 10.2 Å². The van der Waals surface area contributed by atoms with Gasteiger partial charge in [0, 0.05) is 49.3 Å². The van der Waals surface area contributed by atoms with Gasteiger partial charge in [0.15, 0.2) is 5.82 Å². The lowest BCUT2D eigenvalue weighted by molar-refractivity contribution is -0.137. The number of carbonyl (C=O) groups is 2. The number of amides is 2. The third-order valence-electron chi connectivity index (χ3n) is 6.24. The molecule has 0 bridgehead atoms. The first-order valence-electron chi connectivity index (χ1n) is 11.4. The number of rotatable bonds is 5. The Morgan fingerprint density at radius 1 is 1.11 bits per heavy atom. The molecule has 1 aliphatic rings. The molecule has 196 valence electrons. The number of pyridine rings is 1. The second-order valence-corrected chi connectivity index (χ2v) is 9.58. The first kappa shape index (κ1) is 26.8. The van der Waals surface area contributed by atoms with Gasteiger partial charge >= 0.3 is 6.18 Å². The average molecular weight is 554 g/mol. The monoisotopic (exact) mass is 553 g/mol. The minimum atomic E-state index is -4.57. The molecule has 0 saturated carbocycles. The van der Waals surface area contributed by atoms with E-state index in [4.69, 9.17) is 23.2 Å². The van der Waals surface area contributed by atoms with Gasteiger partial charge < -0.3 is 20.1 Å². The summed E-state index contributed by atoms with van der Waals surface area (Å²) in [6.45, 7) is 5.46. The highest BCUT2D eigenvalue weighted by atomic mass is 35.5. The molecule has 3 heterocycles. The van der Waals surface area contributed by atoms with E-state index in [2.05, 4.69) is 15.3 Å². The van der Waals surface area contributed by atoms with Crippen molar-refractivity contribution in [1.82, 2.24) is 14.9 Å². The highest BCUT2D eigenvalue weighted by Crippen LogP contribution is 2.31. The fourth-order valence-electron chi connectivity index (χ4n) is 4.20. The van der Waals surface area contributed by atoms with Crippen LogP contribution in [0, 0.1) is 13.8 Å². The molecule has 1 fully saturated rings. The van der Waals surface area contributed by atoms with Crippen molar-refractivity contribution in [2.75, 3.05) is 36.4 Å². The van der Waals surface area contributed by atoms with E-state index in [0.29, 0.717) is 37.0 Å². The average Bonchev–Trinajstić information content (AvgIpc) is 3.10. The molecule has 2 amide bonds. The van der Waals surface area contributed by atoms with E-state index in [1.807, 2.05) is 18.7 Å². The van der Waals surface area contributed by atoms with Crippen molar-refractivity contribution in [3.8, 4) is 0 Å². The Bertz CT molecular complexity index is 1330. The van der Waals surface area contributed by atoms with Gasteiger partial charge in [-0.05, 0) is 43.7 Å². The number of benzene rings is 1. The lowest BCUT2D eigenvalue weighted by Crippen LogP contribution is -2.49. The maximum Gasteiger partial charge on any atom is 0.416 e. The van der Waals surface area contributed by atoms with Crippen LogP contribution in [0.1, 0.15) is 32.9 Å². The molecule has 37 heavy (non-hydrogen) atoms.